The molecular weight excluding hydrogens is 251 g/mol. The lowest BCUT2D eigenvalue weighted by atomic mass is 10.1. The molecule has 6 nitrogen and oxygen atoms in total. The molecule has 17 heavy (non-hydrogen) atoms. The van der Waals surface area contributed by atoms with Gasteiger partial charge in [-0.15, -0.1) is 0 Å². The predicted octanol–water partition coefficient (Wildman–Crippen LogP) is -1.31. The zero-order valence-corrected chi connectivity index (χ0v) is 9.48. The highest BCUT2D eigenvalue weighted by molar-refractivity contribution is 8.00. The van der Waals surface area contributed by atoms with Crippen LogP contribution in [-0.2, 0) is 0 Å². The van der Waals surface area contributed by atoms with Crippen LogP contribution in [0.1, 0.15) is 6.04 Å². The van der Waals surface area contributed by atoms with Gasteiger partial charge in [0.2, 0.25) is 5.82 Å². The van der Waals surface area contributed by atoms with Crippen LogP contribution in [-0.4, -0.2) is 43.5 Å². The third-order valence-electron chi connectivity index (χ3n) is 2.72. The van der Waals surface area contributed by atoms with Gasteiger partial charge >= 0.3 is 5.69 Å². The number of hydrogen-bond donors (Lipinski definition) is 3. The van der Waals surface area contributed by atoms with Gasteiger partial charge in [0.15, 0.2) is 0 Å². The second-order valence-electron chi connectivity index (χ2n) is 3.76. The molecule has 1 aliphatic rings. The van der Waals surface area contributed by atoms with E-state index < -0.39 is 34.5 Å². The van der Waals surface area contributed by atoms with E-state index in [0.717, 1.165) is 10.8 Å². The number of thioether (sulfide) groups is 1. The van der Waals surface area contributed by atoms with Crippen molar-refractivity contribution < 1.29 is 14.6 Å². The fraction of sp³-hybridized carbons (Fsp3) is 0.556. The number of halogens is 1. The number of aromatic nitrogens is 2. The Labute approximate surface area is 99.1 Å². The Kier molecular flexibility index (Phi) is 3.36. The molecule has 2 rings (SSSR count). The smallest absolute Gasteiger partial charge is 0.328 e. The summed E-state index contributed by atoms with van der Waals surface area (Å²) in [6.45, 7) is -0.219. The zero-order valence-electron chi connectivity index (χ0n) is 8.67. The van der Waals surface area contributed by atoms with Gasteiger partial charge in [-0.05, 0) is 0 Å². The Hall–Kier alpha value is -1.12. The van der Waals surface area contributed by atoms with Crippen molar-refractivity contribution in [2.75, 3.05) is 12.4 Å². The van der Waals surface area contributed by atoms with E-state index in [1.807, 2.05) is 4.98 Å². The molecule has 1 saturated heterocycles. The summed E-state index contributed by atoms with van der Waals surface area (Å²) in [5.41, 5.74) is -1.84. The number of rotatable bonds is 2. The predicted molar refractivity (Wildman–Crippen MR) is 59.7 cm³/mol. The molecule has 1 fully saturated rings. The molecule has 1 aliphatic heterocycles. The van der Waals surface area contributed by atoms with E-state index in [1.54, 1.807) is 0 Å². The molecule has 94 valence electrons. The molecule has 0 saturated carbocycles. The molecule has 8 heteroatoms. The Morgan fingerprint density at radius 1 is 1.59 bits per heavy atom. The standard InChI is InChI=1S/C9H11FN2O4S/c10-4-1-12(9(16)11-8(4)15)5-3-17-6(2-13)7(5)14/h1,5-7,13-14H,2-3H2,(H,11,15,16)/t5-,6-,7+/m1/s1. The van der Waals surface area contributed by atoms with Crippen LogP contribution in [0.3, 0.4) is 0 Å². The summed E-state index contributed by atoms with van der Waals surface area (Å²) in [7, 11) is 0. The van der Waals surface area contributed by atoms with Crippen molar-refractivity contribution in [3.8, 4) is 0 Å². The van der Waals surface area contributed by atoms with E-state index in [1.165, 1.54) is 11.8 Å². The molecule has 3 N–H and O–H groups in total. The molecule has 3 atom stereocenters. The molecule has 1 aromatic heterocycles. The van der Waals surface area contributed by atoms with Crippen molar-refractivity contribution in [3.05, 3.63) is 32.9 Å². The number of hydrogen-bond acceptors (Lipinski definition) is 5. The lowest BCUT2D eigenvalue weighted by Gasteiger charge is -2.18. The first-order chi connectivity index (χ1) is 8.04. The third kappa shape index (κ3) is 2.15. The Bertz CT molecular complexity index is 528. The molecule has 2 heterocycles. The average Bonchev–Trinajstić information content (AvgIpc) is 2.65. The second-order valence-corrected chi connectivity index (χ2v) is 5.03. The number of H-pyrrole nitrogens is 1. The first kappa shape index (κ1) is 12.3. The summed E-state index contributed by atoms with van der Waals surface area (Å²) in [6.07, 6.45) is -0.164. The maximum Gasteiger partial charge on any atom is 0.328 e. The first-order valence-corrected chi connectivity index (χ1v) is 6.01. The van der Waals surface area contributed by atoms with Crippen LogP contribution in [0.5, 0.6) is 0 Å². The lowest BCUT2D eigenvalue weighted by molar-refractivity contribution is 0.105. The molecule has 0 spiro atoms. The SMILES string of the molecule is O=c1[nH]c(=O)n([C@@H]2CS[C@H](CO)[C@H]2O)cc1F. The fourth-order valence-electron chi connectivity index (χ4n) is 1.78. The molecule has 0 unspecified atom stereocenters. The van der Waals surface area contributed by atoms with Crippen LogP contribution in [0, 0.1) is 5.82 Å². The fourth-order valence-corrected chi connectivity index (χ4v) is 3.07. The van der Waals surface area contributed by atoms with Crippen molar-refractivity contribution in [2.24, 2.45) is 0 Å². The van der Waals surface area contributed by atoms with E-state index in [9.17, 15) is 19.1 Å². The minimum atomic E-state index is -1.08. The summed E-state index contributed by atoms with van der Waals surface area (Å²) >= 11 is 1.30. The zero-order chi connectivity index (χ0) is 12.6. The third-order valence-corrected chi connectivity index (χ3v) is 4.11. The number of nitrogens with zero attached hydrogens (tertiary/aromatic N) is 1. The van der Waals surface area contributed by atoms with Crippen LogP contribution in [0.25, 0.3) is 0 Å². The van der Waals surface area contributed by atoms with Gasteiger partial charge in [-0.2, -0.15) is 16.2 Å². The highest BCUT2D eigenvalue weighted by Crippen LogP contribution is 2.33. The maximum atomic E-state index is 13.1. The summed E-state index contributed by atoms with van der Waals surface area (Å²) in [5, 5.41) is 18.4. The molecule has 0 radical (unpaired) electrons. The lowest BCUT2D eigenvalue weighted by Crippen LogP contribution is -2.39. The number of aromatic amines is 1. The monoisotopic (exact) mass is 262 g/mol. The molecule has 0 aromatic carbocycles. The minimum Gasteiger partial charge on any atom is -0.395 e. The largest absolute Gasteiger partial charge is 0.395 e. The van der Waals surface area contributed by atoms with Gasteiger partial charge in [0.05, 0.1) is 30.2 Å². The summed E-state index contributed by atoms with van der Waals surface area (Å²) < 4.78 is 14.0. The highest BCUT2D eigenvalue weighted by Gasteiger charge is 2.36. The van der Waals surface area contributed by atoms with Gasteiger partial charge in [-0.1, -0.05) is 0 Å². The van der Waals surface area contributed by atoms with Crippen LogP contribution < -0.4 is 11.2 Å². The van der Waals surface area contributed by atoms with E-state index in [0.29, 0.717) is 5.75 Å². The summed E-state index contributed by atoms with van der Waals surface area (Å²) in [5.74, 6) is -0.702. The van der Waals surface area contributed by atoms with Crippen LogP contribution >= 0.6 is 11.8 Å². The molecule has 0 bridgehead atoms. The number of aliphatic hydroxyl groups excluding tert-OH is 2. The molecule has 0 aliphatic carbocycles. The first-order valence-electron chi connectivity index (χ1n) is 4.96. The Morgan fingerprint density at radius 2 is 2.29 bits per heavy atom. The van der Waals surface area contributed by atoms with E-state index in [4.69, 9.17) is 5.11 Å². The van der Waals surface area contributed by atoms with Gasteiger partial charge in [-0.25, -0.2) is 4.79 Å². The Morgan fingerprint density at radius 3 is 2.88 bits per heavy atom. The second kappa shape index (κ2) is 4.63. The van der Waals surface area contributed by atoms with Gasteiger partial charge in [0.1, 0.15) is 0 Å². The number of nitrogens with one attached hydrogen (secondary N) is 1. The van der Waals surface area contributed by atoms with Crippen molar-refractivity contribution in [2.45, 2.75) is 17.4 Å². The summed E-state index contributed by atoms with van der Waals surface area (Å²) in [4.78, 5) is 24.2. The summed E-state index contributed by atoms with van der Waals surface area (Å²) in [6, 6.07) is -0.643. The van der Waals surface area contributed by atoms with E-state index in [-0.39, 0.29) is 6.61 Å². The maximum absolute atomic E-state index is 13.1. The van der Waals surface area contributed by atoms with Crippen LogP contribution in [0.4, 0.5) is 4.39 Å². The molecular formula is C9H11FN2O4S. The van der Waals surface area contributed by atoms with Crippen molar-refractivity contribution in [1.82, 2.24) is 9.55 Å². The normalized spacial score (nSPS) is 28.5. The Balaban J connectivity index is 2.39. The molecule has 0 amide bonds. The van der Waals surface area contributed by atoms with Crippen molar-refractivity contribution in [1.29, 1.82) is 0 Å². The highest BCUT2D eigenvalue weighted by atomic mass is 32.2. The van der Waals surface area contributed by atoms with Gasteiger partial charge in [0.25, 0.3) is 5.56 Å². The number of aliphatic hydroxyl groups is 2. The molecule has 1 aromatic rings. The van der Waals surface area contributed by atoms with Gasteiger partial charge < -0.3 is 10.2 Å². The van der Waals surface area contributed by atoms with Crippen LogP contribution in [0.15, 0.2) is 15.8 Å². The van der Waals surface area contributed by atoms with Crippen molar-refractivity contribution >= 4 is 11.8 Å². The van der Waals surface area contributed by atoms with E-state index in [2.05, 4.69) is 0 Å². The minimum absolute atomic E-state index is 0.219. The van der Waals surface area contributed by atoms with Crippen LogP contribution in [0.2, 0.25) is 0 Å². The quantitative estimate of drug-likeness (QED) is 0.615. The average molecular weight is 262 g/mol. The topological polar surface area (TPSA) is 95.3 Å². The van der Waals surface area contributed by atoms with Crippen molar-refractivity contribution in [3.63, 3.8) is 0 Å². The van der Waals surface area contributed by atoms with Gasteiger partial charge in [-0.3, -0.25) is 14.3 Å². The van der Waals surface area contributed by atoms with E-state index >= 15 is 0 Å². The van der Waals surface area contributed by atoms with Gasteiger partial charge in [0, 0.05) is 5.75 Å².